The number of hydrogen-bond acceptors (Lipinski definition) is 5. The summed E-state index contributed by atoms with van der Waals surface area (Å²) >= 11 is 12.5. The number of aromatic nitrogens is 1. The Balaban J connectivity index is 1.18. The molecular formula is C33H36Cl2N4O4S. The molecule has 3 N–H and O–H groups in total. The van der Waals surface area contributed by atoms with Crippen LogP contribution in [0, 0.1) is 13.8 Å². The van der Waals surface area contributed by atoms with Gasteiger partial charge in [0.15, 0.2) is 9.84 Å². The van der Waals surface area contributed by atoms with Crippen molar-refractivity contribution in [2.75, 3.05) is 18.4 Å². The van der Waals surface area contributed by atoms with Crippen LogP contribution >= 0.6 is 23.2 Å². The fourth-order valence-electron chi connectivity index (χ4n) is 6.20. The van der Waals surface area contributed by atoms with E-state index in [2.05, 4.69) is 15.6 Å². The SMILES string of the molecule is Cc1[nH]c(C=C2C(=O)Nc3ccc(S(=O)(=O)Cc4c(Cl)cccc4Cl)cc32)c(C)c1CCC(=O)N1CCC(NC2CC2)CC1. The number of anilines is 1. The van der Waals surface area contributed by atoms with E-state index in [1.807, 2.05) is 18.7 Å². The number of H-pyrrole nitrogens is 1. The maximum absolute atomic E-state index is 13.4. The second kappa shape index (κ2) is 12.4. The predicted molar refractivity (Wildman–Crippen MR) is 175 cm³/mol. The Morgan fingerprint density at radius 3 is 2.39 bits per heavy atom. The monoisotopic (exact) mass is 654 g/mol. The van der Waals surface area contributed by atoms with E-state index in [1.165, 1.54) is 25.0 Å². The minimum Gasteiger partial charge on any atom is -0.359 e. The molecule has 0 bridgehead atoms. The quantitative estimate of drug-likeness (QED) is 0.242. The second-order valence-electron chi connectivity index (χ2n) is 12.0. The number of likely N-dealkylation sites (tertiary alicyclic amines) is 1. The Bertz CT molecular complexity index is 1750. The highest BCUT2D eigenvalue weighted by atomic mass is 35.5. The smallest absolute Gasteiger partial charge is 0.256 e. The van der Waals surface area contributed by atoms with Gasteiger partial charge in [-0.05, 0) is 93.5 Å². The molecule has 1 aliphatic carbocycles. The zero-order valence-corrected chi connectivity index (χ0v) is 27.1. The summed E-state index contributed by atoms with van der Waals surface area (Å²) in [5.41, 5.74) is 5.47. The topological polar surface area (TPSA) is 111 Å². The van der Waals surface area contributed by atoms with E-state index in [0.29, 0.717) is 47.3 Å². The summed E-state index contributed by atoms with van der Waals surface area (Å²) in [5, 5.41) is 7.07. The largest absolute Gasteiger partial charge is 0.359 e. The summed E-state index contributed by atoms with van der Waals surface area (Å²) in [6.45, 7) is 5.54. The van der Waals surface area contributed by atoms with Gasteiger partial charge < -0.3 is 20.5 Å². The van der Waals surface area contributed by atoms with Crippen molar-refractivity contribution in [3.63, 3.8) is 0 Å². The van der Waals surface area contributed by atoms with Crippen LogP contribution in [0.5, 0.6) is 0 Å². The highest BCUT2D eigenvalue weighted by molar-refractivity contribution is 7.90. The Morgan fingerprint density at radius 2 is 1.70 bits per heavy atom. The predicted octanol–water partition coefficient (Wildman–Crippen LogP) is 6.08. The first kappa shape index (κ1) is 30.9. The van der Waals surface area contributed by atoms with Gasteiger partial charge in [0.05, 0.1) is 16.2 Å². The van der Waals surface area contributed by atoms with Crippen molar-refractivity contribution in [3.05, 3.63) is 80.1 Å². The van der Waals surface area contributed by atoms with Crippen LogP contribution in [0.3, 0.4) is 0 Å². The maximum Gasteiger partial charge on any atom is 0.256 e. The van der Waals surface area contributed by atoms with Crippen LogP contribution in [0.4, 0.5) is 5.69 Å². The minimum atomic E-state index is -3.82. The van der Waals surface area contributed by atoms with Crippen molar-refractivity contribution < 1.29 is 18.0 Å². The molecule has 6 rings (SSSR count). The van der Waals surface area contributed by atoms with Gasteiger partial charge >= 0.3 is 0 Å². The van der Waals surface area contributed by atoms with Crippen molar-refractivity contribution in [3.8, 4) is 0 Å². The molecule has 3 aliphatic rings. The number of hydrogen-bond donors (Lipinski definition) is 3. The third-order valence-electron chi connectivity index (χ3n) is 8.93. The molecule has 8 nitrogen and oxygen atoms in total. The van der Waals surface area contributed by atoms with Crippen LogP contribution in [0.1, 0.15) is 65.7 Å². The normalized spacial score (nSPS) is 18.1. The van der Waals surface area contributed by atoms with E-state index in [4.69, 9.17) is 23.2 Å². The zero-order valence-electron chi connectivity index (χ0n) is 24.8. The Labute approximate surface area is 268 Å². The van der Waals surface area contributed by atoms with Gasteiger partial charge in [0.25, 0.3) is 5.91 Å². The number of aryl methyl sites for hydroxylation is 1. The molecule has 2 aromatic carbocycles. The molecule has 44 heavy (non-hydrogen) atoms. The van der Waals surface area contributed by atoms with Gasteiger partial charge in [-0.15, -0.1) is 0 Å². The highest BCUT2D eigenvalue weighted by Gasteiger charge is 2.30. The molecule has 2 amide bonds. The summed E-state index contributed by atoms with van der Waals surface area (Å²) in [6.07, 6.45) is 7.34. The standard InChI is InChI=1S/C33H36Cl2N4O4S/c1-19-24(9-11-32(40)39-14-12-22(13-15-39)37-21-6-7-21)20(2)36-31(19)17-26-25-16-23(8-10-30(25)38-33(26)41)44(42,43)18-27-28(34)4-3-5-29(27)35/h3-5,8,10,16-17,21-22,36-37H,6-7,9,11-15,18H2,1-2H3,(H,38,41). The summed E-state index contributed by atoms with van der Waals surface area (Å²) in [6, 6.07) is 10.7. The number of nitrogens with zero attached hydrogens (tertiary/aromatic N) is 1. The number of aromatic amines is 1. The lowest BCUT2D eigenvalue weighted by atomic mass is 10.0. The number of fused-ring (bicyclic) bond motifs is 1. The molecule has 1 aromatic heterocycles. The van der Waals surface area contributed by atoms with E-state index in [0.717, 1.165) is 48.4 Å². The lowest BCUT2D eigenvalue weighted by Gasteiger charge is -2.32. The van der Waals surface area contributed by atoms with E-state index in [9.17, 15) is 18.0 Å². The second-order valence-corrected chi connectivity index (χ2v) is 14.8. The molecule has 232 valence electrons. The van der Waals surface area contributed by atoms with Crippen LogP contribution in [0.2, 0.25) is 10.0 Å². The van der Waals surface area contributed by atoms with E-state index in [1.54, 1.807) is 30.3 Å². The van der Waals surface area contributed by atoms with Crippen molar-refractivity contribution >= 4 is 62.2 Å². The molecule has 0 radical (unpaired) electrons. The fourth-order valence-corrected chi connectivity index (χ4v) is 8.32. The van der Waals surface area contributed by atoms with Gasteiger partial charge in [-0.1, -0.05) is 29.3 Å². The van der Waals surface area contributed by atoms with Gasteiger partial charge in [0.2, 0.25) is 5.91 Å². The lowest BCUT2D eigenvalue weighted by molar-refractivity contribution is -0.132. The number of carbonyl (C=O) groups is 2. The van der Waals surface area contributed by atoms with Gasteiger partial charge in [-0.25, -0.2) is 8.42 Å². The molecule has 0 unspecified atom stereocenters. The molecule has 0 spiro atoms. The molecule has 2 aliphatic heterocycles. The number of sulfone groups is 1. The molecule has 1 saturated carbocycles. The third-order valence-corrected chi connectivity index (χ3v) is 11.3. The van der Waals surface area contributed by atoms with Crippen LogP contribution in [-0.4, -0.2) is 55.3 Å². The Kier molecular flexibility index (Phi) is 8.67. The van der Waals surface area contributed by atoms with Crippen LogP contribution in [0.15, 0.2) is 41.3 Å². The Hall–Kier alpha value is -3.11. The zero-order chi connectivity index (χ0) is 31.2. The van der Waals surface area contributed by atoms with Gasteiger partial charge in [0, 0.05) is 69.8 Å². The van der Waals surface area contributed by atoms with E-state index >= 15 is 0 Å². The lowest BCUT2D eigenvalue weighted by Crippen LogP contribution is -2.45. The molecule has 3 aromatic rings. The third kappa shape index (κ3) is 6.47. The molecule has 2 fully saturated rings. The van der Waals surface area contributed by atoms with Crippen LogP contribution in [0.25, 0.3) is 11.6 Å². The highest BCUT2D eigenvalue weighted by Crippen LogP contribution is 2.37. The summed E-state index contributed by atoms with van der Waals surface area (Å²) < 4.78 is 26.7. The molecule has 0 atom stereocenters. The summed E-state index contributed by atoms with van der Waals surface area (Å²) in [4.78, 5) is 31.5. The maximum atomic E-state index is 13.4. The Morgan fingerprint density at radius 1 is 1.02 bits per heavy atom. The number of halogens is 2. The average molecular weight is 656 g/mol. The van der Waals surface area contributed by atoms with Gasteiger partial charge in [-0.3, -0.25) is 9.59 Å². The van der Waals surface area contributed by atoms with Crippen molar-refractivity contribution in [1.29, 1.82) is 0 Å². The first-order valence-electron chi connectivity index (χ1n) is 15.0. The van der Waals surface area contributed by atoms with Gasteiger partial charge in [0.1, 0.15) is 0 Å². The molecule has 3 heterocycles. The number of amides is 2. The molecule has 11 heteroatoms. The molecule has 1 saturated heterocycles. The van der Waals surface area contributed by atoms with Crippen molar-refractivity contribution in [2.45, 2.75) is 75.1 Å². The number of benzene rings is 2. The first-order valence-corrected chi connectivity index (χ1v) is 17.5. The number of piperidine rings is 1. The average Bonchev–Trinajstić information content (AvgIpc) is 3.69. The van der Waals surface area contributed by atoms with Crippen molar-refractivity contribution in [1.82, 2.24) is 15.2 Å². The summed E-state index contributed by atoms with van der Waals surface area (Å²) in [5.74, 6) is -0.505. The van der Waals surface area contributed by atoms with E-state index < -0.39 is 9.84 Å². The van der Waals surface area contributed by atoms with Crippen LogP contribution in [-0.2, 0) is 31.6 Å². The fraction of sp³-hybridized carbons (Fsp3) is 0.394. The minimum absolute atomic E-state index is 0.0700. The number of nitrogens with one attached hydrogen (secondary N) is 3. The number of rotatable bonds is 9. The molecular weight excluding hydrogens is 619 g/mol. The summed E-state index contributed by atoms with van der Waals surface area (Å²) in [7, 11) is -3.82. The first-order chi connectivity index (χ1) is 21.0. The van der Waals surface area contributed by atoms with Gasteiger partial charge in [-0.2, -0.15) is 0 Å². The van der Waals surface area contributed by atoms with Crippen LogP contribution < -0.4 is 10.6 Å². The van der Waals surface area contributed by atoms with Crippen molar-refractivity contribution in [2.24, 2.45) is 0 Å². The number of carbonyl (C=O) groups excluding carboxylic acids is 2. The van der Waals surface area contributed by atoms with E-state index in [-0.39, 0.29) is 32.5 Å².